The Morgan fingerprint density at radius 3 is 2.46 bits per heavy atom. The summed E-state index contributed by atoms with van der Waals surface area (Å²) in [6.07, 6.45) is 5.40. The lowest BCUT2D eigenvalue weighted by Gasteiger charge is -2.43. The average Bonchev–Trinajstić information content (AvgIpc) is 2.64. The largest absolute Gasteiger partial charge is 0.497 e. The van der Waals surface area contributed by atoms with Gasteiger partial charge in [0.25, 0.3) is 0 Å². The van der Waals surface area contributed by atoms with Crippen LogP contribution in [0.25, 0.3) is 0 Å². The van der Waals surface area contributed by atoms with E-state index in [4.69, 9.17) is 4.74 Å². The summed E-state index contributed by atoms with van der Waals surface area (Å²) in [4.78, 5) is 11.9. The molecule has 24 heavy (non-hydrogen) atoms. The van der Waals surface area contributed by atoms with Gasteiger partial charge in [0.2, 0.25) is 0 Å². The molecule has 0 aromatic heterocycles. The Hall–Kier alpha value is -2.09. The van der Waals surface area contributed by atoms with E-state index in [1.807, 2.05) is 18.2 Å². The summed E-state index contributed by atoms with van der Waals surface area (Å²) in [5, 5.41) is 0. The van der Waals surface area contributed by atoms with E-state index in [-0.39, 0.29) is 5.41 Å². The standard InChI is InChI=1S/C22H26O2/c1-22(16-23)14-6-9-20(18-10-12-19(24-2)13-11-18)21(22)15-17-7-4-3-5-8-17/h3-5,7-8,10-13,16,20-21H,6,9,14-15H2,1-2H3/t20-,21-,22-/m1/s1. The van der Waals surface area contributed by atoms with Gasteiger partial charge in [0.05, 0.1) is 7.11 Å². The van der Waals surface area contributed by atoms with Crippen molar-refractivity contribution in [3.8, 4) is 5.75 Å². The predicted molar refractivity (Wildman–Crippen MR) is 97.4 cm³/mol. The predicted octanol–water partition coefficient (Wildman–Crippen LogP) is 5.03. The van der Waals surface area contributed by atoms with E-state index in [0.717, 1.165) is 31.4 Å². The van der Waals surface area contributed by atoms with Crippen LogP contribution >= 0.6 is 0 Å². The van der Waals surface area contributed by atoms with Gasteiger partial charge >= 0.3 is 0 Å². The summed E-state index contributed by atoms with van der Waals surface area (Å²) in [7, 11) is 1.69. The zero-order chi connectivity index (χ0) is 17.0. The van der Waals surface area contributed by atoms with Crippen molar-refractivity contribution < 1.29 is 9.53 Å². The van der Waals surface area contributed by atoms with E-state index >= 15 is 0 Å². The van der Waals surface area contributed by atoms with Crippen LogP contribution in [0.4, 0.5) is 0 Å². The SMILES string of the molecule is COc1ccc([C@H]2CCC[C@](C)(C=O)[C@@H]2Cc2ccccc2)cc1. The summed E-state index contributed by atoms with van der Waals surface area (Å²) < 4.78 is 5.28. The van der Waals surface area contributed by atoms with E-state index < -0.39 is 0 Å². The number of aldehydes is 1. The van der Waals surface area contributed by atoms with Crippen molar-refractivity contribution in [1.29, 1.82) is 0 Å². The minimum atomic E-state index is -0.251. The molecule has 0 unspecified atom stereocenters. The van der Waals surface area contributed by atoms with Gasteiger partial charge in [-0.1, -0.05) is 55.8 Å². The second kappa shape index (κ2) is 7.21. The van der Waals surface area contributed by atoms with Gasteiger partial charge in [-0.05, 0) is 54.4 Å². The van der Waals surface area contributed by atoms with E-state index in [1.165, 1.54) is 17.4 Å². The monoisotopic (exact) mass is 322 g/mol. The molecule has 0 amide bonds. The fraction of sp³-hybridized carbons (Fsp3) is 0.409. The summed E-state index contributed by atoms with van der Waals surface area (Å²) in [5.41, 5.74) is 2.39. The summed E-state index contributed by atoms with van der Waals surface area (Å²) in [5.74, 6) is 1.63. The van der Waals surface area contributed by atoms with E-state index in [1.54, 1.807) is 7.11 Å². The molecular weight excluding hydrogens is 296 g/mol. The van der Waals surface area contributed by atoms with Crippen molar-refractivity contribution in [2.75, 3.05) is 7.11 Å². The van der Waals surface area contributed by atoms with Crippen LogP contribution in [0.5, 0.6) is 5.75 Å². The highest BCUT2D eigenvalue weighted by atomic mass is 16.5. The smallest absolute Gasteiger partial charge is 0.126 e. The Morgan fingerprint density at radius 2 is 1.83 bits per heavy atom. The molecule has 0 N–H and O–H groups in total. The highest BCUT2D eigenvalue weighted by molar-refractivity contribution is 5.60. The van der Waals surface area contributed by atoms with Crippen LogP contribution in [0.1, 0.15) is 43.2 Å². The fourth-order valence-corrected chi connectivity index (χ4v) is 4.19. The maximum absolute atomic E-state index is 11.9. The van der Waals surface area contributed by atoms with E-state index in [9.17, 15) is 4.79 Å². The van der Waals surface area contributed by atoms with Crippen LogP contribution in [0.2, 0.25) is 0 Å². The molecule has 2 heteroatoms. The molecule has 1 aliphatic carbocycles. The first-order valence-electron chi connectivity index (χ1n) is 8.80. The molecule has 1 saturated carbocycles. The van der Waals surface area contributed by atoms with Crippen LogP contribution in [-0.2, 0) is 11.2 Å². The highest BCUT2D eigenvalue weighted by Crippen LogP contribution is 2.49. The molecule has 0 aliphatic heterocycles. The normalized spacial score (nSPS) is 26.8. The van der Waals surface area contributed by atoms with Crippen molar-refractivity contribution in [1.82, 2.24) is 0 Å². The maximum Gasteiger partial charge on any atom is 0.126 e. The van der Waals surface area contributed by atoms with Gasteiger partial charge in [0.1, 0.15) is 12.0 Å². The molecule has 1 fully saturated rings. The van der Waals surface area contributed by atoms with Crippen LogP contribution in [0.15, 0.2) is 54.6 Å². The molecule has 3 rings (SSSR count). The van der Waals surface area contributed by atoms with Crippen molar-refractivity contribution in [2.24, 2.45) is 11.3 Å². The number of carbonyl (C=O) groups excluding carboxylic acids is 1. The molecule has 0 spiro atoms. The molecule has 1 aliphatic rings. The summed E-state index contributed by atoms with van der Waals surface area (Å²) in [6, 6.07) is 18.9. The van der Waals surface area contributed by atoms with E-state index in [2.05, 4.69) is 43.3 Å². The summed E-state index contributed by atoms with van der Waals surface area (Å²) >= 11 is 0. The molecule has 2 nitrogen and oxygen atoms in total. The minimum Gasteiger partial charge on any atom is -0.497 e. The Morgan fingerprint density at radius 1 is 1.12 bits per heavy atom. The lowest BCUT2D eigenvalue weighted by molar-refractivity contribution is -0.120. The lowest BCUT2D eigenvalue weighted by atomic mass is 9.60. The lowest BCUT2D eigenvalue weighted by Crippen LogP contribution is -2.38. The van der Waals surface area contributed by atoms with Gasteiger partial charge < -0.3 is 9.53 Å². The second-order valence-corrected chi connectivity index (χ2v) is 7.19. The third-order valence-corrected chi connectivity index (χ3v) is 5.67. The van der Waals surface area contributed by atoms with Gasteiger partial charge in [-0.25, -0.2) is 0 Å². The third kappa shape index (κ3) is 3.38. The molecular formula is C22H26O2. The minimum absolute atomic E-state index is 0.251. The first-order valence-corrected chi connectivity index (χ1v) is 8.80. The van der Waals surface area contributed by atoms with Crippen molar-refractivity contribution in [3.63, 3.8) is 0 Å². The number of methoxy groups -OCH3 is 1. The average molecular weight is 322 g/mol. The molecule has 2 aromatic carbocycles. The fourth-order valence-electron chi connectivity index (χ4n) is 4.19. The maximum atomic E-state index is 11.9. The van der Waals surface area contributed by atoms with Gasteiger partial charge in [-0.15, -0.1) is 0 Å². The van der Waals surface area contributed by atoms with Crippen LogP contribution in [-0.4, -0.2) is 13.4 Å². The Labute approximate surface area is 144 Å². The van der Waals surface area contributed by atoms with E-state index in [0.29, 0.717) is 11.8 Å². The number of carbonyl (C=O) groups is 1. The third-order valence-electron chi connectivity index (χ3n) is 5.67. The molecule has 0 bridgehead atoms. The van der Waals surface area contributed by atoms with Crippen molar-refractivity contribution in [2.45, 2.75) is 38.5 Å². The quantitative estimate of drug-likeness (QED) is 0.722. The molecule has 0 saturated heterocycles. The van der Waals surface area contributed by atoms with Gasteiger partial charge in [0, 0.05) is 5.41 Å². The van der Waals surface area contributed by atoms with Gasteiger partial charge in [-0.3, -0.25) is 0 Å². The Kier molecular flexibility index (Phi) is 5.03. The van der Waals surface area contributed by atoms with Crippen molar-refractivity contribution >= 4 is 6.29 Å². The van der Waals surface area contributed by atoms with Crippen LogP contribution < -0.4 is 4.74 Å². The molecule has 3 atom stereocenters. The van der Waals surface area contributed by atoms with Gasteiger partial charge in [0.15, 0.2) is 0 Å². The molecule has 0 radical (unpaired) electrons. The Bertz CT molecular complexity index is 662. The zero-order valence-electron chi connectivity index (χ0n) is 14.6. The van der Waals surface area contributed by atoms with Crippen LogP contribution in [0.3, 0.4) is 0 Å². The first kappa shape index (κ1) is 16.8. The number of benzene rings is 2. The molecule has 126 valence electrons. The number of rotatable bonds is 5. The highest BCUT2D eigenvalue weighted by Gasteiger charge is 2.42. The Balaban J connectivity index is 1.93. The number of hydrogen-bond donors (Lipinski definition) is 0. The van der Waals surface area contributed by atoms with Crippen LogP contribution in [0, 0.1) is 11.3 Å². The number of ether oxygens (including phenoxy) is 1. The van der Waals surface area contributed by atoms with Gasteiger partial charge in [-0.2, -0.15) is 0 Å². The zero-order valence-corrected chi connectivity index (χ0v) is 14.6. The topological polar surface area (TPSA) is 26.3 Å². The molecule has 0 heterocycles. The first-order chi connectivity index (χ1) is 11.7. The summed E-state index contributed by atoms with van der Waals surface area (Å²) in [6.45, 7) is 2.14. The molecule has 2 aromatic rings. The second-order valence-electron chi connectivity index (χ2n) is 7.19. The number of hydrogen-bond acceptors (Lipinski definition) is 2. The van der Waals surface area contributed by atoms with Crippen molar-refractivity contribution in [3.05, 3.63) is 65.7 Å².